The first-order valence-electron chi connectivity index (χ1n) is 9.82. The first kappa shape index (κ1) is 19.5. The molecule has 0 aliphatic rings. The Morgan fingerprint density at radius 2 is 0.933 bits per heavy atom. The molecular formula is C27H22O3. The Morgan fingerprint density at radius 3 is 1.30 bits per heavy atom. The molecule has 30 heavy (non-hydrogen) atoms. The number of hydrogen-bond donors (Lipinski definition) is 0. The van der Waals surface area contributed by atoms with Crippen LogP contribution in [-0.4, -0.2) is 5.78 Å². The number of hydrogen-bond acceptors (Lipinski definition) is 3. The lowest BCUT2D eigenvalue weighted by Gasteiger charge is -2.12. The van der Waals surface area contributed by atoms with Crippen molar-refractivity contribution in [3.63, 3.8) is 0 Å². The van der Waals surface area contributed by atoms with Gasteiger partial charge in [0.1, 0.15) is 23.0 Å². The van der Waals surface area contributed by atoms with Gasteiger partial charge in [-0.1, -0.05) is 36.4 Å². The van der Waals surface area contributed by atoms with Crippen LogP contribution < -0.4 is 9.47 Å². The number of ketones is 1. The highest BCUT2D eigenvalue weighted by atomic mass is 16.5. The van der Waals surface area contributed by atoms with Crippen molar-refractivity contribution in [3.05, 3.63) is 119 Å². The van der Waals surface area contributed by atoms with Crippen molar-refractivity contribution in [1.29, 1.82) is 0 Å². The minimum Gasteiger partial charge on any atom is -0.457 e. The van der Waals surface area contributed by atoms with Crippen molar-refractivity contribution in [3.8, 4) is 23.0 Å². The Kier molecular flexibility index (Phi) is 5.62. The largest absolute Gasteiger partial charge is 0.457 e. The van der Waals surface area contributed by atoms with Crippen LogP contribution in [0.15, 0.2) is 97.1 Å². The molecule has 3 heteroatoms. The third-order valence-electron chi connectivity index (χ3n) is 4.84. The number of benzene rings is 4. The first-order chi connectivity index (χ1) is 14.6. The van der Waals surface area contributed by atoms with Crippen LogP contribution in [-0.2, 0) is 0 Å². The SMILES string of the molecule is Cc1cc(Oc2ccccc2)ccc1C(=O)c1ccc(Oc2ccccc2)cc1C. The Hall–Kier alpha value is -3.85. The predicted octanol–water partition coefficient (Wildman–Crippen LogP) is 7.12. The maximum Gasteiger partial charge on any atom is 0.193 e. The molecule has 0 fully saturated rings. The van der Waals surface area contributed by atoms with Crippen molar-refractivity contribution in [2.45, 2.75) is 13.8 Å². The van der Waals surface area contributed by atoms with Crippen molar-refractivity contribution in [2.24, 2.45) is 0 Å². The van der Waals surface area contributed by atoms with Gasteiger partial charge in [-0.15, -0.1) is 0 Å². The highest BCUT2D eigenvalue weighted by Crippen LogP contribution is 2.28. The van der Waals surface area contributed by atoms with Crippen LogP contribution in [0.5, 0.6) is 23.0 Å². The summed E-state index contributed by atoms with van der Waals surface area (Å²) in [5.41, 5.74) is 3.07. The summed E-state index contributed by atoms with van der Waals surface area (Å²) >= 11 is 0. The fourth-order valence-electron chi connectivity index (χ4n) is 3.30. The molecule has 0 aliphatic carbocycles. The zero-order valence-electron chi connectivity index (χ0n) is 17.0. The Morgan fingerprint density at radius 1 is 0.533 bits per heavy atom. The van der Waals surface area contributed by atoms with Crippen LogP contribution in [0.4, 0.5) is 0 Å². The van der Waals surface area contributed by atoms with Crippen molar-refractivity contribution in [2.75, 3.05) is 0 Å². The lowest BCUT2D eigenvalue weighted by molar-refractivity contribution is 0.103. The van der Waals surface area contributed by atoms with Crippen LogP contribution in [0.2, 0.25) is 0 Å². The molecule has 4 aromatic rings. The smallest absolute Gasteiger partial charge is 0.193 e. The van der Waals surface area contributed by atoms with Crippen molar-refractivity contribution in [1.82, 2.24) is 0 Å². The molecular weight excluding hydrogens is 372 g/mol. The van der Waals surface area contributed by atoms with Crippen LogP contribution >= 0.6 is 0 Å². The second kappa shape index (κ2) is 8.66. The van der Waals surface area contributed by atoms with E-state index in [1.165, 1.54) is 0 Å². The predicted molar refractivity (Wildman–Crippen MR) is 119 cm³/mol. The fraction of sp³-hybridized carbons (Fsp3) is 0.0741. The summed E-state index contributed by atoms with van der Waals surface area (Å²) in [6.07, 6.45) is 0. The Bertz CT molecular complexity index is 1070. The number of rotatable bonds is 6. The van der Waals surface area contributed by atoms with Gasteiger partial charge in [-0.3, -0.25) is 4.79 Å². The monoisotopic (exact) mass is 394 g/mol. The molecule has 148 valence electrons. The number of carbonyl (C=O) groups is 1. The highest BCUT2D eigenvalue weighted by Gasteiger charge is 2.15. The van der Waals surface area contributed by atoms with E-state index < -0.39 is 0 Å². The molecule has 4 aromatic carbocycles. The van der Waals surface area contributed by atoms with Gasteiger partial charge in [0.2, 0.25) is 0 Å². The molecule has 0 radical (unpaired) electrons. The molecule has 0 bridgehead atoms. The molecule has 0 aliphatic heterocycles. The van der Waals surface area contributed by atoms with Gasteiger partial charge in [0.15, 0.2) is 5.78 Å². The summed E-state index contributed by atoms with van der Waals surface area (Å²) in [5, 5.41) is 0. The van der Waals surface area contributed by atoms with Gasteiger partial charge in [-0.25, -0.2) is 0 Å². The molecule has 0 unspecified atom stereocenters. The highest BCUT2D eigenvalue weighted by molar-refractivity contribution is 6.10. The summed E-state index contributed by atoms with van der Waals surface area (Å²) in [4.78, 5) is 13.1. The van der Waals surface area contributed by atoms with E-state index in [9.17, 15) is 4.79 Å². The molecule has 0 atom stereocenters. The molecule has 4 rings (SSSR count). The Balaban J connectivity index is 1.54. The molecule has 3 nitrogen and oxygen atoms in total. The molecule has 0 saturated carbocycles. The first-order valence-corrected chi connectivity index (χ1v) is 9.82. The van der Waals surface area contributed by atoms with Gasteiger partial charge in [0.05, 0.1) is 0 Å². The molecule has 0 N–H and O–H groups in total. The molecule has 0 heterocycles. The zero-order chi connectivity index (χ0) is 20.9. The summed E-state index contributed by atoms with van der Waals surface area (Å²) < 4.78 is 11.7. The Labute approximate surface area is 176 Å². The third kappa shape index (κ3) is 4.41. The zero-order valence-corrected chi connectivity index (χ0v) is 17.0. The lowest BCUT2D eigenvalue weighted by Crippen LogP contribution is -2.06. The summed E-state index contributed by atoms with van der Waals surface area (Å²) in [6.45, 7) is 3.85. The van der Waals surface area contributed by atoms with Crippen molar-refractivity contribution < 1.29 is 14.3 Å². The summed E-state index contributed by atoms with van der Waals surface area (Å²) in [5.74, 6) is 2.93. The average molecular weight is 394 g/mol. The molecule has 0 spiro atoms. The van der Waals surface area contributed by atoms with Gasteiger partial charge in [0.25, 0.3) is 0 Å². The molecule has 0 aromatic heterocycles. The minimum atomic E-state index is -0.0116. The van der Waals surface area contributed by atoms with Gasteiger partial charge >= 0.3 is 0 Å². The van der Waals surface area contributed by atoms with E-state index in [1.54, 1.807) is 0 Å². The van der Waals surface area contributed by atoms with Crippen molar-refractivity contribution >= 4 is 5.78 Å². The maximum atomic E-state index is 13.1. The molecule has 0 amide bonds. The average Bonchev–Trinajstić information content (AvgIpc) is 2.75. The molecule has 0 saturated heterocycles. The standard InChI is InChI=1S/C27H22O3/c1-19-17-23(29-21-9-5-3-6-10-21)13-15-25(19)27(28)26-16-14-24(18-20(26)2)30-22-11-7-4-8-12-22/h3-18H,1-2H3. The van der Waals surface area contributed by atoms with Gasteiger partial charge in [-0.2, -0.15) is 0 Å². The third-order valence-corrected chi connectivity index (χ3v) is 4.84. The number of carbonyl (C=O) groups excluding carboxylic acids is 1. The lowest BCUT2D eigenvalue weighted by atomic mass is 9.96. The summed E-state index contributed by atoms with van der Waals surface area (Å²) in [7, 11) is 0. The van der Waals surface area contributed by atoms with Crippen LogP contribution in [0.25, 0.3) is 0 Å². The second-order valence-electron chi connectivity index (χ2n) is 7.11. The van der Waals surface area contributed by atoms with Crippen LogP contribution in [0.3, 0.4) is 0 Å². The summed E-state index contributed by atoms with van der Waals surface area (Å²) in [6, 6.07) is 30.3. The van der Waals surface area contributed by atoms with E-state index in [0.717, 1.165) is 22.6 Å². The topological polar surface area (TPSA) is 35.5 Å². The van der Waals surface area contributed by atoms with Gasteiger partial charge in [-0.05, 0) is 85.6 Å². The fourth-order valence-corrected chi connectivity index (χ4v) is 3.30. The maximum absolute atomic E-state index is 13.1. The van der Waals surface area contributed by atoms with E-state index >= 15 is 0 Å². The van der Waals surface area contributed by atoms with E-state index in [1.807, 2.05) is 111 Å². The van der Waals surface area contributed by atoms with Gasteiger partial charge in [0, 0.05) is 11.1 Å². The minimum absolute atomic E-state index is 0.0116. The van der Waals surface area contributed by atoms with E-state index in [-0.39, 0.29) is 5.78 Å². The second-order valence-corrected chi connectivity index (χ2v) is 7.11. The van der Waals surface area contributed by atoms with Crippen LogP contribution in [0, 0.1) is 13.8 Å². The van der Waals surface area contributed by atoms with Gasteiger partial charge < -0.3 is 9.47 Å². The normalized spacial score (nSPS) is 10.5. The number of para-hydroxylation sites is 2. The van der Waals surface area contributed by atoms with Crippen LogP contribution in [0.1, 0.15) is 27.0 Å². The van der Waals surface area contributed by atoms with E-state index in [0.29, 0.717) is 22.6 Å². The number of aryl methyl sites for hydroxylation is 2. The number of ether oxygens (including phenoxy) is 2. The van der Waals surface area contributed by atoms with E-state index in [4.69, 9.17) is 9.47 Å². The van der Waals surface area contributed by atoms with E-state index in [2.05, 4.69) is 0 Å². The quantitative estimate of drug-likeness (QED) is 0.327.